The van der Waals surface area contributed by atoms with Crippen LogP contribution in [0.4, 0.5) is 10.8 Å². The van der Waals surface area contributed by atoms with Crippen LogP contribution in [0.1, 0.15) is 15.9 Å². The summed E-state index contributed by atoms with van der Waals surface area (Å²) >= 11 is 1.34. The predicted molar refractivity (Wildman–Crippen MR) is 119 cm³/mol. The van der Waals surface area contributed by atoms with Crippen LogP contribution >= 0.6 is 11.3 Å². The zero-order valence-electron chi connectivity index (χ0n) is 17.0. The van der Waals surface area contributed by atoms with Gasteiger partial charge in [-0.05, 0) is 42.8 Å². The second-order valence-corrected chi connectivity index (χ2v) is 10.1. The van der Waals surface area contributed by atoms with E-state index >= 15 is 0 Å². The molecule has 0 fully saturated rings. The van der Waals surface area contributed by atoms with Crippen molar-refractivity contribution < 1.29 is 18.0 Å². The molecule has 3 aromatic rings. The van der Waals surface area contributed by atoms with E-state index in [-0.39, 0.29) is 17.0 Å². The SMILES string of the molecule is Cc1ccc(C(=O)NCC(=O)Nc2nc3ccc(N(C)C)cc3s2)cc1S(C)(=O)=O. The molecule has 158 valence electrons. The van der Waals surface area contributed by atoms with Crippen molar-refractivity contribution in [3.63, 3.8) is 0 Å². The molecule has 3 rings (SSSR count). The zero-order valence-corrected chi connectivity index (χ0v) is 18.6. The number of amides is 2. The highest BCUT2D eigenvalue weighted by molar-refractivity contribution is 7.90. The van der Waals surface area contributed by atoms with Crippen LogP contribution in [0.5, 0.6) is 0 Å². The number of benzene rings is 2. The number of sulfone groups is 1. The average Bonchev–Trinajstić information content (AvgIpc) is 3.06. The van der Waals surface area contributed by atoms with Crippen molar-refractivity contribution in [2.45, 2.75) is 11.8 Å². The number of nitrogens with one attached hydrogen (secondary N) is 2. The first kappa shape index (κ1) is 21.7. The molecule has 8 nitrogen and oxygen atoms in total. The molecule has 0 saturated carbocycles. The van der Waals surface area contributed by atoms with Gasteiger partial charge in [0.1, 0.15) is 0 Å². The Morgan fingerprint density at radius 3 is 2.53 bits per heavy atom. The van der Waals surface area contributed by atoms with Crippen LogP contribution in [-0.2, 0) is 14.6 Å². The van der Waals surface area contributed by atoms with E-state index in [1.165, 1.54) is 23.5 Å². The minimum Gasteiger partial charge on any atom is -0.378 e. The predicted octanol–water partition coefficient (Wildman–Crippen LogP) is 2.44. The van der Waals surface area contributed by atoms with Crippen molar-refractivity contribution >= 4 is 54.0 Å². The number of nitrogens with zero attached hydrogens (tertiary/aromatic N) is 2. The summed E-state index contributed by atoms with van der Waals surface area (Å²) in [6, 6.07) is 10.2. The lowest BCUT2D eigenvalue weighted by atomic mass is 10.1. The minimum atomic E-state index is -3.45. The van der Waals surface area contributed by atoms with E-state index < -0.39 is 21.7 Å². The molecule has 1 heterocycles. The lowest BCUT2D eigenvalue weighted by molar-refractivity contribution is -0.115. The molecule has 0 aliphatic heterocycles. The Bertz CT molecular complexity index is 1230. The average molecular weight is 447 g/mol. The summed E-state index contributed by atoms with van der Waals surface area (Å²) < 4.78 is 24.6. The van der Waals surface area contributed by atoms with Gasteiger partial charge in [-0.15, -0.1) is 0 Å². The summed E-state index contributed by atoms with van der Waals surface area (Å²) in [4.78, 5) is 31.0. The van der Waals surface area contributed by atoms with E-state index in [9.17, 15) is 18.0 Å². The number of carbonyl (C=O) groups is 2. The fourth-order valence-corrected chi connectivity index (χ4v) is 4.72. The van der Waals surface area contributed by atoms with Gasteiger partial charge in [0.2, 0.25) is 5.91 Å². The molecule has 0 radical (unpaired) electrons. The maximum Gasteiger partial charge on any atom is 0.251 e. The monoisotopic (exact) mass is 446 g/mol. The van der Waals surface area contributed by atoms with Crippen LogP contribution in [0.2, 0.25) is 0 Å². The van der Waals surface area contributed by atoms with Crippen LogP contribution < -0.4 is 15.5 Å². The third-order valence-electron chi connectivity index (χ3n) is 4.39. The lowest BCUT2D eigenvalue weighted by Crippen LogP contribution is -2.32. The molecule has 0 bridgehead atoms. The lowest BCUT2D eigenvalue weighted by Gasteiger charge is -2.11. The Hall–Kier alpha value is -2.98. The van der Waals surface area contributed by atoms with Crippen molar-refractivity contribution in [1.29, 1.82) is 0 Å². The van der Waals surface area contributed by atoms with Crippen LogP contribution in [0.3, 0.4) is 0 Å². The van der Waals surface area contributed by atoms with Gasteiger partial charge >= 0.3 is 0 Å². The van der Waals surface area contributed by atoms with Gasteiger partial charge in [-0.3, -0.25) is 9.59 Å². The van der Waals surface area contributed by atoms with Crippen LogP contribution in [0.25, 0.3) is 10.2 Å². The number of hydrogen-bond acceptors (Lipinski definition) is 7. The second kappa shape index (κ2) is 8.41. The Balaban J connectivity index is 1.65. The highest BCUT2D eigenvalue weighted by atomic mass is 32.2. The van der Waals surface area contributed by atoms with Crippen molar-refractivity contribution in [2.75, 3.05) is 37.1 Å². The topological polar surface area (TPSA) is 108 Å². The van der Waals surface area contributed by atoms with Crippen LogP contribution in [0.15, 0.2) is 41.3 Å². The van der Waals surface area contributed by atoms with Crippen molar-refractivity contribution in [3.8, 4) is 0 Å². The molecule has 1 aromatic heterocycles. The highest BCUT2D eigenvalue weighted by Gasteiger charge is 2.16. The molecule has 30 heavy (non-hydrogen) atoms. The molecular weight excluding hydrogens is 424 g/mol. The molecule has 0 aliphatic carbocycles. The van der Waals surface area contributed by atoms with Crippen LogP contribution in [0, 0.1) is 6.92 Å². The second-order valence-electron chi connectivity index (χ2n) is 7.05. The number of anilines is 2. The third-order valence-corrected chi connectivity index (χ3v) is 6.57. The molecule has 10 heteroatoms. The Morgan fingerprint density at radius 1 is 1.13 bits per heavy atom. The Labute approximate surface area is 178 Å². The zero-order chi connectivity index (χ0) is 22.1. The van der Waals surface area contributed by atoms with E-state index in [2.05, 4.69) is 15.6 Å². The molecule has 2 N–H and O–H groups in total. The summed E-state index contributed by atoms with van der Waals surface area (Å²) in [6.45, 7) is 1.39. The van der Waals surface area contributed by atoms with Gasteiger partial charge in [-0.1, -0.05) is 17.4 Å². The maximum absolute atomic E-state index is 12.3. The number of aromatic nitrogens is 1. The van der Waals surface area contributed by atoms with E-state index in [4.69, 9.17) is 0 Å². The highest BCUT2D eigenvalue weighted by Crippen LogP contribution is 2.29. The normalized spacial score (nSPS) is 11.3. The molecule has 2 aromatic carbocycles. The van der Waals surface area contributed by atoms with Gasteiger partial charge in [-0.2, -0.15) is 0 Å². The first-order valence-corrected chi connectivity index (χ1v) is 11.7. The molecule has 0 unspecified atom stereocenters. The summed E-state index contributed by atoms with van der Waals surface area (Å²) in [5.41, 5.74) is 2.53. The first-order valence-electron chi connectivity index (χ1n) is 9.01. The molecule has 0 spiro atoms. The van der Waals surface area contributed by atoms with Gasteiger partial charge in [0.15, 0.2) is 15.0 Å². The van der Waals surface area contributed by atoms with E-state index in [0.717, 1.165) is 22.2 Å². The summed E-state index contributed by atoms with van der Waals surface area (Å²) in [6.07, 6.45) is 1.09. The first-order chi connectivity index (χ1) is 14.0. The molecule has 0 atom stereocenters. The third kappa shape index (κ3) is 4.95. The number of aryl methyl sites for hydroxylation is 1. The number of fused-ring (bicyclic) bond motifs is 1. The number of carbonyl (C=O) groups excluding carboxylic acids is 2. The fourth-order valence-electron chi connectivity index (χ4n) is 2.81. The number of rotatable bonds is 6. The van der Waals surface area contributed by atoms with E-state index in [1.807, 2.05) is 37.2 Å². The van der Waals surface area contributed by atoms with Gasteiger partial charge in [0, 0.05) is 31.6 Å². The van der Waals surface area contributed by atoms with Gasteiger partial charge < -0.3 is 15.5 Å². The van der Waals surface area contributed by atoms with E-state index in [1.54, 1.807) is 13.0 Å². The molecule has 0 saturated heterocycles. The van der Waals surface area contributed by atoms with Gasteiger partial charge in [0.25, 0.3) is 5.91 Å². The molecule has 0 aliphatic rings. The summed E-state index contributed by atoms with van der Waals surface area (Å²) in [7, 11) is 0.438. The molecule has 2 amide bonds. The molecular formula is C20H22N4O4S2. The quantitative estimate of drug-likeness (QED) is 0.602. The van der Waals surface area contributed by atoms with Crippen LogP contribution in [-0.4, -0.2) is 52.1 Å². The fraction of sp³-hybridized carbons (Fsp3) is 0.250. The van der Waals surface area contributed by atoms with Crippen molar-refractivity contribution in [3.05, 3.63) is 47.5 Å². The Morgan fingerprint density at radius 2 is 1.87 bits per heavy atom. The van der Waals surface area contributed by atoms with Gasteiger partial charge in [-0.25, -0.2) is 13.4 Å². The smallest absolute Gasteiger partial charge is 0.251 e. The Kier molecular flexibility index (Phi) is 6.09. The van der Waals surface area contributed by atoms with Gasteiger partial charge in [0.05, 0.1) is 21.7 Å². The summed E-state index contributed by atoms with van der Waals surface area (Å²) in [5, 5.41) is 5.61. The largest absolute Gasteiger partial charge is 0.378 e. The van der Waals surface area contributed by atoms with Crippen molar-refractivity contribution in [1.82, 2.24) is 10.3 Å². The number of thiazole rings is 1. The summed E-state index contributed by atoms with van der Waals surface area (Å²) in [5.74, 6) is -0.958. The minimum absolute atomic E-state index is 0.0890. The van der Waals surface area contributed by atoms with Crippen molar-refractivity contribution in [2.24, 2.45) is 0 Å². The standard InChI is InChI=1S/C20H22N4O4S2/c1-12-5-6-13(9-17(12)30(4,27)28)19(26)21-11-18(25)23-20-22-15-8-7-14(24(2)3)10-16(15)29-20/h5-10H,11H2,1-4H3,(H,21,26)(H,22,23,25). The maximum atomic E-state index is 12.3. The number of hydrogen-bond donors (Lipinski definition) is 2. The van der Waals surface area contributed by atoms with E-state index in [0.29, 0.717) is 10.7 Å².